The van der Waals surface area contributed by atoms with E-state index < -0.39 is 4.92 Å². The zero-order valence-electron chi connectivity index (χ0n) is 9.27. The maximum absolute atomic E-state index is 10.6. The first kappa shape index (κ1) is 11.7. The average molecular weight is 252 g/mol. The Morgan fingerprint density at radius 3 is 3.06 bits per heavy atom. The van der Waals surface area contributed by atoms with Gasteiger partial charge in [0.1, 0.15) is 0 Å². The first-order valence-electron chi connectivity index (χ1n) is 5.23. The summed E-state index contributed by atoms with van der Waals surface area (Å²) in [5.41, 5.74) is 0.933. The van der Waals surface area contributed by atoms with Crippen molar-refractivity contribution in [3.05, 3.63) is 28.3 Å². The maximum Gasteiger partial charge on any atom is 0.270 e. The van der Waals surface area contributed by atoms with Crippen molar-refractivity contribution < 1.29 is 4.92 Å². The third-order valence-corrected chi connectivity index (χ3v) is 3.03. The molecule has 2 N–H and O–H groups in total. The van der Waals surface area contributed by atoms with Crippen LogP contribution in [0.25, 0.3) is 0 Å². The number of anilines is 1. The molecule has 0 aliphatic carbocycles. The van der Waals surface area contributed by atoms with Crippen molar-refractivity contribution in [2.24, 2.45) is 4.99 Å². The summed E-state index contributed by atoms with van der Waals surface area (Å²) < 4.78 is 3.01. The van der Waals surface area contributed by atoms with Crippen molar-refractivity contribution in [3.8, 4) is 0 Å². The summed E-state index contributed by atoms with van der Waals surface area (Å²) in [5, 5.41) is 13.7. The molecule has 0 saturated heterocycles. The van der Waals surface area contributed by atoms with Gasteiger partial charge in [0.2, 0.25) is 5.96 Å². The van der Waals surface area contributed by atoms with E-state index in [2.05, 4.69) is 22.0 Å². The third-order valence-electron chi connectivity index (χ3n) is 2.18. The normalized spacial score (nSPS) is 15.9. The molecule has 0 atom stereocenters. The molecule has 1 aliphatic rings. The van der Waals surface area contributed by atoms with Crippen LogP contribution in [0.5, 0.6) is 0 Å². The van der Waals surface area contributed by atoms with Gasteiger partial charge in [-0.2, -0.15) is 0 Å². The molecule has 0 radical (unpaired) electrons. The van der Waals surface area contributed by atoms with Gasteiger partial charge >= 0.3 is 0 Å². The molecule has 0 saturated carbocycles. The molecular formula is C10H12N4O2S. The number of rotatable bonds is 3. The Morgan fingerprint density at radius 2 is 2.35 bits per heavy atom. The summed E-state index contributed by atoms with van der Waals surface area (Å²) in [6.45, 7) is 2.80. The SMILES string of the molecule is CCCN=C1NSc2cc([N+](=O)[O-])ccc2N1. The molecule has 6 nitrogen and oxygen atoms in total. The highest BCUT2D eigenvalue weighted by Crippen LogP contribution is 2.31. The number of aliphatic imine (C=N–C) groups is 1. The minimum atomic E-state index is -0.401. The Bertz CT molecular complexity index is 475. The second kappa shape index (κ2) is 5.05. The predicted octanol–water partition coefficient (Wildman–Crippen LogP) is 2.38. The summed E-state index contributed by atoms with van der Waals surface area (Å²) in [4.78, 5) is 15.3. The van der Waals surface area contributed by atoms with Crippen LogP contribution < -0.4 is 10.0 Å². The van der Waals surface area contributed by atoms with Gasteiger partial charge in [0.25, 0.3) is 5.69 Å². The van der Waals surface area contributed by atoms with Gasteiger partial charge in [0.05, 0.1) is 15.5 Å². The fourth-order valence-electron chi connectivity index (χ4n) is 1.36. The molecule has 0 bridgehead atoms. The average Bonchev–Trinajstić information content (AvgIpc) is 2.35. The second-order valence-corrected chi connectivity index (χ2v) is 4.35. The number of fused-ring (bicyclic) bond motifs is 1. The molecule has 0 spiro atoms. The Labute approximate surface area is 103 Å². The molecule has 1 heterocycles. The summed E-state index contributed by atoms with van der Waals surface area (Å²) in [5.74, 6) is 0.693. The molecular weight excluding hydrogens is 240 g/mol. The van der Waals surface area contributed by atoms with E-state index in [0.29, 0.717) is 5.96 Å². The Morgan fingerprint density at radius 1 is 1.53 bits per heavy atom. The lowest BCUT2D eigenvalue weighted by Crippen LogP contribution is -2.29. The highest BCUT2D eigenvalue weighted by atomic mass is 32.2. The summed E-state index contributed by atoms with van der Waals surface area (Å²) in [6, 6.07) is 4.72. The van der Waals surface area contributed by atoms with Crippen molar-refractivity contribution >= 4 is 29.3 Å². The van der Waals surface area contributed by atoms with E-state index in [-0.39, 0.29) is 5.69 Å². The van der Waals surface area contributed by atoms with E-state index in [0.717, 1.165) is 23.5 Å². The first-order chi connectivity index (χ1) is 8.20. The lowest BCUT2D eigenvalue weighted by molar-refractivity contribution is -0.385. The first-order valence-corrected chi connectivity index (χ1v) is 6.05. The van der Waals surface area contributed by atoms with E-state index in [4.69, 9.17) is 0 Å². The number of nitro benzene ring substituents is 1. The molecule has 0 unspecified atom stereocenters. The van der Waals surface area contributed by atoms with Gasteiger partial charge in [0, 0.05) is 18.7 Å². The highest BCUT2D eigenvalue weighted by Gasteiger charge is 2.17. The number of nitrogens with one attached hydrogen (secondary N) is 2. The van der Waals surface area contributed by atoms with E-state index in [1.165, 1.54) is 24.1 Å². The van der Waals surface area contributed by atoms with Crippen LogP contribution in [-0.4, -0.2) is 17.4 Å². The molecule has 17 heavy (non-hydrogen) atoms. The Kier molecular flexibility index (Phi) is 3.48. The number of benzene rings is 1. The van der Waals surface area contributed by atoms with Gasteiger partial charge in [-0.05, 0) is 24.4 Å². The van der Waals surface area contributed by atoms with E-state index in [1.54, 1.807) is 6.07 Å². The number of non-ortho nitro benzene ring substituents is 1. The Hall–Kier alpha value is -1.76. The topological polar surface area (TPSA) is 79.6 Å². The van der Waals surface area contributed by atoms with Crippen molar-refractivity contribution in [3.63, 3.8) is 0 Å². The largest absolute Gasteiger partial charge is 0.325 e. The van der Waals surface area contributed by atoms with Gasteiger partial charge in [-0.25, -0.2) is 0 Å². The van der Waals surface area contributed by atoms with Crippen LogP contribution >= 0.6 is 11.9 Å². The molecule has 0 amide bonds. The monoisotopic (exact) mass is 252 g/mol. The third kappa shape index (κ3) is 2.68. The molecule has 7 heteroatoms. The maximum atomic E-state index is 10.6. The number of nitrogens with zero attached hydrogens (tertiary/aromatic N) is 2. The lowest BCUT2D eigenvalue weighted by atomic mass is 10.3. The van der Waals surface area contributed by atoms with E-state index in [9.17, 15) is 10.1 Å². The fraction of sp³-hybridized carbons (Fsp3) is 0.300. The van der Waals surface area contributed by atoms with Crippen molar-refractivity contribution in [1.82, 2.24) is 4.72 Å². The number of guanidine groups is 1. The minimum Gasteiger partial charge on any atom is -0.325 e. The fourth-order valence-corrected chi connectivity index (χ4v) is 2.10. The Balaban J connectivity index is 2.20. The summed E-state index contributed by atoms with van der Waals surface area (Å²) in [7, 11) is 0. The molecule has 1 aromatic carbocycles. The molecule has 1 aromatic rings. The van der Waals surface area contributed by atoms with Crippen LogP contribution in [0.2, 0.25) is 0 Å². The van der Waals surface area contributed by atoms with Gasteiger partial charge in [-0.3, -0.25) is 19.8 Å². The number of hydrogen-bond acceptors (Lipinski definition) is 4. The summed E-state index contributed by atoms with van der Waals surface area (Å²) >= 11 is 1.33. The van der Waals surface area contributed by atoms with Crippen LogP contribution in [-0.2, 0) is 0 Å². The van der Waals surface area contributed by atoms with E-state index in [1.807, 2.05) is 0 Å². The zero-order chi connectivity index (χ0) is 12.3. The predicted molar refractivity (Wildman–Crippen MR) is 68.3 cm³/mol. The van der Waals surface area contributed by atoms with Crippen LogP contribution in [0.4, 0.5) is 11.4 Å². The van der Waals surface area contributed by atoms with E-state index >= 15 is 0 Å². The summed E-state index contributed by atoms with van der Waals surface area (Å²) in [6.07, 6.45) is 0.977. The standard InChI is InChI=1S/C10H12N4O2S/c1-2-5-11-10-12-8-4-3-7(14(15)16)6-9(8)17-13-10/h3-4,6H,2,5H2,1H3,(H2,11,12,13). The molecule has 0 aromatic heterocycles. The van der Waals surface area contributed by atoms with Gasteiger partial charge in [0.15, 0.2) is 0 Å². The number of nitro groups is 1. The minimum absolute atomic E-state index is 0.0915. The van der Waals surface area contributed by atoms with Crippen LogP contribution in [0.15, 0.2) is 28.1 Å². The zero-order valence-corrected chi connectivity index (χ0v) is 10.1. The van der Waals surface area contributed by atoms with Crippen LogP contribution in [0, 0.1) is 10.1 Å². The van der Waals surface area contributed by atoms with Gasteiger partial charge in [-0.15, -0.1) is 0 Å². The van der Waals surface area contributed by atoms with Crippen molar-refractivity contribution in [2.45, 2.75) is 18.2 Å². The smallest absolute Gasteiger partial charge is 0.270 e. The highest BCUT2D eigenvalue weighted by molar-refractivity contribution is 7.98. The quantitative estimate of drug-likeness (QED) is 0.490. The van der Waals surface area contributed by atoms with Crippen molar-refractivity contribution in [1.29, 1.82) is 0 Å². The van der Waals surface area contributed by atoms with Gasteiger partial charge < -0.3 is 5.32 Å². The molecule has 2 rings (SSSR count). The molecule has 90 valence electrons. The van der Waals surface area contributed by atoms with Crippen LogP contribution in [0.1, 0.15) is 13.3 Å². The second-order valence-electron chi connectivity index (χ2n) is 3.50. The lowest BCUT2D eigenvalue weighted by Gasteiger charge is -2.19. The molecule has 0 fully saturated rings. The van der Waals surface area contributed by atoms with Crippen LogP contribution in [0.3, 0.4) is 0 Å². The van der Waals surface area contributed by atoms with Gasteiger partial charge in [-0.1, -0.05) is 6.92 Å². The molecule has 1 aliphatic heterocycles. The van der Waals surface area contributed by atoms with Crippen molar-refractivity contribution in [2.75, 3.05) is 11.9 Å². The number of hydrogen-bond donors (Lipinski definition) is 2.